The average Bonchev–Trinajstić information content (AvgIpc) is 3.21. The Balaban J connectivity index is 2.25. The van der Waals surface area contributed by atoms with Gasteiger partial charge in [-0.15, -0.1) is 0 Å². The molecule has 1 unspecified atom stereocenters. The lowest BCUT2D eigenvalue weighted by atomic mass is 9.79. The number of nitro benzene ring substituents is 1. The molecule has 2 aromatic rings. The molecule has 0 saturated carbocycles. The molecule has 0 bridgehead atoms. The Morgan fingerprint density at radius 3 is 2.69 bits per heavy atom. The van der Waals surface area contributed by atoms with Gasteiger partial charge < -0.3 is 19.3 Å². The highest BCUT2D eigenvalue weighted by Gasteiger charge is 2.41. The van der Waals surface area contributed by atoms with Crippen molar-refractivity contribution < 1.29 is 23.7 Å². The molecule has 11 heteroatoms. The van der Waals surface area contributed by atoms with Crippen molar-refractivity contribution in [2.75, 3.05) is 20.3 Å². The van der Waals surface area contributed by atoms with Gasteiger partial charge in [-0.2, -0.15) is 4.98 Å². The number of carbonyl (C=O) groups is 1. The molecular weight excluding hydrogens is 440 g/mol. The first-order valence-corrected chi connectivity index (χ1v) is 10.3. The van der Waals surface area contributed by atoms with Crippen LogP contribution in [0.15, 0.2) is 39.7 Å². The average molecular weight is 463 g/mol. The third kappa shape index (κ3) is 4.51. The monoisotopic (exact) mass is 462 g/mol. The fourth-order valence-corrected chi connectivity index (χ4v) is 3.89. The molecule has 1 aliphatic heterocycles. The van der Waals surface area contributed by atoms with Crippen molar-refractivity contribution in [3.05, 3.63) is 67.6 Å². The minimum absolute atomic E-state index is 0.0159. The summed E-state index contributed by atoms with van der Waals surface area (Å²) in [6.07, 6.45) is 0.529. The fraction of sp³-hybridized carbons (Fsp3) is 0.381. The van der Waals surface area contributed by atoms with Gasteiger partial charge >= 0.3 is 5.97 Å². The molecule has 0 spiro atoms. The van der Waals surface area contributed by atoms with E-state index in [1.54, 1.807) is 13.8 Å². The molecule has 10 nitrogen and oxygen atoms in total. The molecule has 1 aromatic carbocycles. The second kappa shape index (κ2) is 9.92. The predicted molar refractivity (Wildman–Crippen MR) is 116 cm³/mol. The maximum absolute atomic E-state index is 13.1. The third-order valence-electron chi connectivity index (χ3n) is 5.03. The number of hydrogen-bond donors (Lipinski definition) is 1. The van der Waals surface area contributed by atoms with Crippen molar-refractivity contribution in [3.63, 3.8) is 0 Å². The van der Waals surface area contributed by atoms with Crippen LogP contribution in [0.4, 0.5) is 5.69 Å². The number of ether oxygens (including phenoxy) is 2. The van der Waals surface area contributed by atoms with Crippen LogP contribution in [0.25, 0.3) is 5.57 Å². The summed E-state index contributed by atoms with van der Waals surface area (Å²) in [6.45, 7) is 5.54. The molecule has 3 rings (SSSR count). The highest BCUT2D eigenvalue weighted by molar-refractivity contribution is 6.32. The smallest absolute Gasteiger partial charge is 0.336 e. The lowest BCUT2D eigenvalue weighted by molar-refractivity contribution is -0.385. The zero-order valence-electron chi connectivity index (χ0n) is 18.1. The lowest BCUT2D eigenvalue weighted by Crippen LogP contribution is -2.29. The van der Waals surface area contributed by atoms with Crippen LogP contribution < -0.4 is 5.32 Å². The van der Waals surface area contributed by atoms with Crippen molar-refractivity contribution in [2.45, 2.75) is 33.1 Å². The van der Waals surface area contributed by atoms with E-state index in [0.29, 0.717) is 29.2 Å². The number of carbonyl (C=O) groups excluding carboxylic acids is 1. The number of methoxy groups -OCH3 is 1. The molecule has 0 radical (unpaired) electrons. The second-order valence-electron chi connectivity index (χ2n) is 7.06. The maximum atomic E-state index is 13.1. The molecule has 32 heavy (non-hydrogen) atoms. The number of allylic oxidation sites excluding steroid dienone is 3. The summed E-state index contributed by atoms with van der Waals surface area (Å²) in [5.74, 6) is -1.03. The number of nitrogens with zero attached hydrogens (tertiary/aromatic N) is 3. The Labute approximate surface area is 189 Å². The molecule has 0 saturated heterocycles. The largest absolute Gasteiger partial charge is 0.460 e. The van der Waals surface area contributed by atoms with E-state index in [9.17, 15) is 14.9 Å². The zero-order chi connectivity index (χ0) is 23.4. The number of rotatable bonds is 8. The van der Waals surface area contributed by atoms with Crippen LogP contribution in [-0.4, -0.2) is 41.4 Å². The van der Waals surface area contributed by atoms with Gasteiger partial charge in [0.15, 0.2) is 5.82 Å². The van der Waals surface area contributed by atoms with Crippen LogP contribution in [0.5, 0.6) is 0 Å². The topological polar surface area (TPSA) is 130 Å². The van der Waals surface area contributed by atoms with E-state index in [2.05, 4.69) is 15.5 Å². The van der Waals surface area contributed by atoms with Crippen LogP contribution in [-0.2, 0) is 20.7 Å². The van der Waals surface area contributed by atoms with E-state index in [1.165, 1.54) is 25.3 Å². The lowest BCUT2D eigenvalue weighted by Gasteiger charge is -2.30. The summed E-state index contributed by atoms with van der Waals surface area (Å²) in [7, 11) is 1.49. The molecule has 1 atom stereocenters. The minimum Gasteiger partial charge on any atom is -0.460 e. The molecular formula is C21H23ClN4O6. The summed E-state index contributed by atoms with van der Waals surface area (Å²) in [5.41, 5.74) is 1.56. The van der Waals surface area contributed by atoms with Gasteiger partial charge in [-0.05, 0) is 19.9 Å². The molecule has 1 N–H and O–H groups in total. The summed E-state index contributed by atoms with van der Waals surface area (Å²) < 4.78 is 15.8. The van der Waals surface area contributed by atoms with Gasteiger partial charge in [-0.1, -0.05) is 29.7 Å². The van der Waals surface area contributed by atoms with Gasteiger partial charge in [0.05, 0.1) is 33.6 Å². The summed E-state index contributed by atoms with van der Waals surface area (Å²) >= 11 is 6.48. The number of nitrogens with one attached hydrogen (secondary N) is 1. The molecule has 1 aliphatic rings. The van der Waals surface area contributed by atoms with E-state index in [0.717, 1.165) is 0 Å². The summed E-state index contributed by atoms with van der Waals surface area (Å²) in [6, 6.07) is 4.36. The van der Waals surface area contributed by atoms with E-state index in [1.807, 2.05) is 6.92 Å². The number of benzene rings is 1. The second-order valence-corrected chi connectivity index (χ2v) is 7.47. The number of aromatic nitrogens is 2. The first kappa shape index (κ1) is 23.4. The van der Waals surface area contributed by atoms with Gasteiger partial charge in [0.25, 0.3) is 11.6 Å². The molecule has 1 aromatic heterocycles. The molecule has 0 amide bonds. The van der Waals surface area contributed by atoms with Gasteiger partial charge in [0.1, 0.15) is 6.61 Å². The number of nitro groups is 1. The summed E-state index contributed by atoms with van der Waals surface area (Å²) in [5, 5.41) is 19.1. The quantitative estimate of drug-likeness (QED) is 0.269. The van der Waals surface area contributed by atoms with Gasteiger partial charge in [0.2, 0.25) is 0 Å². The Morgan fingerprint density at radius 2 is 2.06 bits per heavy atom. The third-order valence-corrected chi connectivity index (χ3v) is 5.36. The molecule has 170 valence electrons. The van der Waals surface area contributed by atoms with E-state index in [4.69, 9.17) is 25.6 Å². The van der Waals surface area contributed by atoms with Crippen LogP contribution in [0, 0.1) is 10.1 Å². The van der Waals surface area contributed by atoms with E-state index < -0.39 is 16.8 Å². The van der Waals surface area contributed by atoms with Crippen molar-refractivity contribution in [1.82, 2.24) is 15.5 Å². The first-order chi connectivity index (χ1) is 15.3. The molecule has 0 aliphatic carbocycles. The normalized spacial score (nSPS) is 16.2. The number of halogens is 1. The SMILES string of the molecule is CCc1noc(C2=C(C)NC(C)=C(C(=O)OCCOC)C2c2c(Cl)cccc2[N+](=O)[O-])n1. The van der Waals surface area contributed by atoms with Gasteiger partial charge in [-0.25, -0.2) is 4.79 Å². The predicted octanol–water partition coefficient (Wildman–Crippen LogP) is 3.78. The standard InChI is InChI=1S/C21H23ClN4O6/c1-5-15-24-20(32-25-15)16-11(2)23-12(3)17(21(27)31-10-9-30-4)19(16)18-13(22)7-6-8-14(18)26(28)29/h6-8,19,23H,5,9-10H2,1-4H3. The van der Waals surface area contributed by atoms with Crippen LogP contribution >= 0.6 is 11.6 Å². The Kier molecular flexibility index (Phi) is 7.26. The van der Waals surface area contributed by atoms with Gasteiger partial charge in [0, 0.05) is 36.6 Å². The van der Waals surface area contributed by atoms with Crippen molar-refractivity contribution in [1.29, 1.82) is 0 Å². The van der Waals surface area contributed by atoms with Crippen LogP contribution in [0.3, 0.4) is 0 Å². The van der Waals surface area contributed by atoms with E-state index >= 15 is 0 Å². The van der Waals surface area contributed by atoms with Crippen LogP contribution in [0.1, 0.15) is 44.0 Å². The maximum Gasteiger partial charge on any atom is 0.336 e. The Bertz CT molecular complexity index is 1110. The number of dihydropyridines is 1. The van der Waals surface area contributed by atoms with E-state index in [-0.39, 0.29) is 41.0 Å². The Hall–Kier alpha value is -3.24. The highest BCUT2D eigenvalue weighted by Crippen LogP contribution is 2.48. The number of esters is 1. The fourth-order valence-electron chi connectivity index (χ4n) is 3.61. The highest BCUT2D eigenvalue weighted by atomic mass is 35.5. The summed E-state index contributed by atoms with van der Waals surface area (Å²) in [4.78, 5) is 28.9. The molecule has 0 fully saturated rings. The van der Waals surface area contributed by atoms with Crippen molar-refractivity contribution in [2.24, 2.45) is 0 Å². The minimum atomic E-state index is -0.967. The van der Waals surface area contributed by atoms with Crippen molar-refractivity contribution >= 4 is 28.8 Å². The first-order valence-electron chi connectivity index (χ1n) is 9.90. The molecule has 2 heterocycles. The number of hydrogen-bond acceptors (Lipinski definition) is 9. The van der Waals surface area contributed by atoms with Crippen LogP contribution in [0.2, 0.25) is 5.02 Å². The zero-order valence-corrected chi connectivity index (χ0v) is 18.9. The number of aryl methyl sites for hydroxylation is 1. The van der Waals surface area contributed by atoms with Crippen molar-refractivity contribution in [3.8, 4) is 0 Å². The Morgan fingerprint density at radius 1 is 1.31 bits per heavy atom. The van der Waals surface area contributed by atoms with Gasteiger partial charge in [-0.3, -0.25) is 10.1 Å².